The van der Waals surface area contributed by atoms with Crippen molar-refractivity contribution in [2.45, 2.75) is 63.5 Å². The topological polar surface area (TPSA) is 47.3 Å². The molecule has 0 radical (unpaired) electrons. The molecular weight excluding hydrogens is 195 g/mol. The Balaban J connectivity index is 2.60. The number of hydrogen-bond acceptors (Lipinski definition) is 3. The van der Waals surface area contributed by atoms with Gasteiger partial charge in [-0.3, -0.25) is 0 Å². The SMILES string of the molecule is CO[C@H]1C[C@@](F)([C@H](C)NC(C)C)C[C@H]1N. The van der Waals surface area contributed by atoms with E-state index < -0.39 is 5.67 Å². The van der Waals surface area contributed by atoms with Crippen LogP contribution in [-0.4, -0.2) is 37.0 Å². The summed E-state index contributed by atoms with van der Waals surface area (Å²) in [7, 11) is 1.59. The first kappa shape index (κ1) is 12.9. The fourth-order valence-corrected chi connectivity index (χ4v) is 2.35. The third kappa shape index (κ3) is 2.89. The van der Waals surface area contributed by atoms with Gasteiger partial charge < -0.3 is 15.8 Å². The van der Waals surface area contributed by atoms with Crippen LogP contribution in [0.4, 0.5) is 4.39 Å². The van der Waals surface area contributed by atoms with Gasteiger partial charge in [0.1, 0.15) is 5.67 Å². The van der Waals surface area contributed by atoms with Crippen molar-refractivity contribution >= 4 is 0 Å². The van der Waals surface area contributed by atoms with Crippen molar-refractivity contribution in [3.8, 4) is 0 Å². The van der Waals surface area contributed by atoms with Gasteiger partial charge in [0.15, 0.2) is 0 Å². The van der Waals surface area contributed by atoms with E-state index in [1.165, 1.54) is 0 Å². The van der Waals surface area contributed by atoms with Crippen molar-refractivity contribution in [2.75, 3.05) is 7.11 Å². The molecule has 0 amide bonds. The van der Waals surface area contributed by atoms with E-state index in [0.29, 0.717) is 12.8 Å². The molecule has 0 saturated heterocycles. The summed E-state index contributed by atoms with van der Waals surface area (Å²) in [6, 6.07) is -0.0782. The molecule has 0 heterocycles. The highest BCUT2D eigenvalue weighted by Gasteiger charge is 2.48. The number of alkyl halides is 1. The van der Waals surface area contributed by atoms with Crippen LogP contribution >= 0.6 is 0 Å². The Morgan fingerprint density at radius 3 is 2.40 bits per heavy atom. The second-order valence-electron chi connectivity index (χ2n) is 4.92. The zero-order chi connectivity index (χ0) is 11.6. The molecule has 4 atom stereocenters. The summed E-state index contributed by atoms with van der Waals surface area (Å²) in [5.41, 5.74) is 4.61. The first-order valence-corrected chi connectivity index (χ1v) is 5.62. The summed E-state index contributed by atoms with van der Waals surface area (Å²) < 4.78 is 19.7. The highest BCUT2D eigenvalue weighted by Crippen LogP contribution is 2.37. The molecule has 3 nitrogen and oxygen atoms in total. The molecule has 90 valence electrons. The number of ether oxygens (including phenoxy) is 1. The van der Waals surface area contributed by atoms with Crippen LogP contribution in [0.25, 0.3) is 0 Å². The van der Waals surface area contributed by atoms with Crippen LogP contribution in [0.5, 0.6) is 0 Å². The van der Waals surface area contributed by atoms with Crippen molar-refractivity contribution in [3.05, 3.63) is 0 Å². The van der Waals surface area contributed by atoms with Gasteiger partial charge in [-0.25, -0.2) is 4.39 Å². The average molecular weight is 218 g/mol. The molecule has 15 heavy (non-hydrogen) atoms. The maximum atomic E-state index is 14.5. The van der Waals surface area contributed by atoms with Crippen molar-refractivity contribution < 1.29 is 9.13 Å². The minimum atomic E-state index is -1.23. The molecule has 1 fully saturated rings. The summed E-state index contributed by atoms with van der Waals surface area (Å²) in [5.74, 6) is 0. The van der Waals surface area contributed by atoms with Crippen molar-refractivity contribution in [1.82, 2.24) is 5.32 Å². The molecule has 1 rings (SSSR count). The van der Waals surface area contributed by atoms with Gasteiger partial charge in [-0.1, -0.05) is 13.8 Å². The minimum Gasteiger partial charge on any atom is -0.380 e. The largest absolute Gasteiger partial charge is 0.380 e. The van der Waals surface area contributed by atoms with Gasteiger partial charge in [-0.05, 0) is 6.92 Å². The Morgan fingerprint density at radius 1 is 1.40 bits per heavy atom. The number of nitrogens with one attached hydrogen (secondary N) is 1. The Morgan fingerprint density at radius 2 is 2.00 bits per heavy atom. The Labute approximate surface area is 91.6 Å². The van der Waals surface area contributed by atoms with E-state index in [1.54, 1.807) is 7.11 Å². The van der Waals surface area contributed by atoms with E-state index >= 15 is 0 Å². The van der Waals surface area contributed by atoms with Gasteiger partial charge in [0.05, 0.1) is 6.10 Å². The van der Waals surface area contributed by atoms with Gasteiger partial charge in [0.2, 0.25) is 0 Å². The predicted octanol–water partition coefficient (Wildman–Crippen LogP) is 1.22. The van der Waals surface area contributed by atoms with Crippen LogP contribution in [0.2, 0.25) is 0 Å². The molecule has 0 aromatic carbocycles. The van der Waals surface area contributed by atoms with Gasteiger partial charge in [0.25, 0.3) is 0 Å². The lowest BCUT2D eigenvalue weighted by Gasteiger charge is -2.29. The quantitative estimate of drug-likeness (QED) is 0.746. The van der Waals surface area contributed by atoms with Crippen LogP contribution in [0, 0.1) is 0 Å². The minimum absolute atomic E-state index is 0.147. The van der Waals surface area contributed by atoms with E-state index in [-0.39, 0.29) is 24.2 Å². The molecular formula is C11H23FN2O. The van der Waals surface area contributed by atoms with E-state index in [1.807, 2.05) is 20.8 Å². The molecule has 3 N–H and O–H groups in total. The lowest BCUT2D eigenvalue weighted by atomic mass is 9.95. The number of nitrogens with two attached hydrogens (primary N) is 1. The third-order valence-corrected chi connectivity index (χ3v) is 3.26. The molecule has 0 aromatic rings. The lowest BCUT2D eigenvalue weighted by Crippen LogP contribution is -2.47. The third-order valence-electron chi connectivity index (χ3n) is 3.26. The number of hydrogen-bond donors (Lipinski definition) is 2. The first-order valence-electron chi connectivity index (χ1n) is 5.62. The zero-order valence-electron chi connectivity index (χ0n) is 10.1. The summed E-state index contributed by atoms with van der Waals surface area (Å²) in [6.07, 6.45) is 0.629. The maximum absolute atomic E-state index is 14.5. The standard InChI is InChI=1S/C11H23FN2O/c1-7(2)14-8(3)11(12)5-9(13)10(6-11)15-4/h7-10,14H,5-6,13H2,1-4H3/t8-,9+,10-,11+/m0/s1. The molecule has 0 unspecified atom stereocenters. The molecule has 1 saturated carbocycles. The lowest BCUT2D eigenvalue weighted by molar-refractivity contribution is 0.0615. The highest BCUT2D eigenvalue weighted by molar-refractivity contribution is 5.03. The molecule has 1 aliphatic carbocycles. The van der Waals surface area contributed by atoms with Gasteiger partial charge in [-0.2, -0.15) is 0 Å². The van der Waals surface area contributed by atoms with Gasteiger partial charge >= 0.3 is 0 Å². The van der Waals surface area contributed by atoms with Crippen LogP contribution in [-0.2, 0) is 4.74 Å². The molecule has 0 aliphatic heterocycles. The van der Waals surface area contributed by atoms with Gasteiger partial charge in [0, 0.05) is 38.1 Å². The summed E-state index contributed by atoms with van der Waals surface area (Å²) in [6.45, 7) is 5.91. The smallest absolute Gasteiger partial charge is 0.130 e. The Hall–Kier alpha value is -0.190. The predicted molar refractivity (Wildman–Crippen MR) is 59.6 cm³/mol. The van der Waals surface area contributed by atoms with Gasteiger partial charge in [-0.15, -0.1) is 0 Å². The summed E-state index contributed by atoms with van der Waals surface area (Å²) in [4.78, 5) is 0. The van der Waals surface area contributed by atoms with Crippen LogP contribution < -0.4 is 11.1 Å². The number of rotatable bonds is 4. The molecule has 0 bridgehead atoms. The molecule has 4 heteroatoms. The highest BCUT2D eigenvalue weighted by atomic mass is 19.1. The van der Waals surface area contributed by atoms with Crippen LogP contribution in [0.15, 0.2) is 0 Å². The van der Waals surface area contributed by atoms with E-state index in [2.05, 4.69) is 5.32 Å². The Bertz CT molecular complexity index is 213. The second kappa shape index (κ2) is 4.76. The first-order chi connectivity index (χ1) is 6.89. The van der Waals surface area contributed by atoms with Crippen molar-refractivity contribution in [2.24, 2.45) is 5.73 Å². The number of halogens is 1. The maximum Gasteiger partial charge on any atom is 0.130 e. The van der Waals surface area contributed by atoms with E-state index in [4.69, 9.17) is 10.5 Å². The number of methoxy groups -OCH3 is 1. The van der Waals surface area contributed by atoms with E-state index in [0.717, 1.165) is 0 Å². The van der Waals surface area contributed by atoms with Crippen LogP contribution in [0.1, 0.15) is 33.6 Å². The summed E-state index contributed by atoms with van der Waals surface area (Å²) >= 11 is 0. The van der Waals surface area contributed by atoms with Crippen LogP contribution in [0.3, 0.4) is 0 Å². The normalized spacial score (nSPS) is 38.6. The second-order valence-corrected chi connectivity index (χ2v) is 4.92. The zero-order valence-corrected chi connectivity index (χ0v) is 10.1. The monoisotopic (exact) mass is 218 g/mol. The fraction of sp³-hybridized carbons (Fsp3) is 1.00. The van der Waals surface area contributed by atoms with E-state index in [9.17, 15) is 4.39 Å². The molecule has 0 spiro atoms. The molecule has 0 aromatic heterocycles. The molecule has 1 aliphatic rings. The Kier molecular flexibility index (Phi) is 4.09. The van der Waals surface area contributed by atoms with Crippen molar-refractivity contribution in [1.29, 1.82) is 0 Å². The average Bonchev–Trinajstić information content (AvgIpc) is 2.41. The van der Waals surface area contributed by atoms with Crippen molar-refractivity contribution in [3.63, 3.8) is 0 Å². The fourth-order valence-electron chi connectivity index (χ4n) is 2.35. The summed E-state index contributed by atoms with van der Waals surface area (Å²) in [5, 5.41) is 3.20.